The van der Waals surface area contributed by atoms with Gasteiger partial charge >= 0.3 is 0 Å². The van der Waals surface area contributed by atoms with Crippen LogP contribution in [-0.2, 0) is 6.42 Å². The van der Waals surface area contributed by atoms with Crippen molar-refractivity contribution in [2.45, 2.75) is 52.0 Å². The van der Waals surface area contributed by atoms with Gasteiger partial charge in [0.05, 0.1) is 0 Å². The highest BCUT2D eigenvalue weighted by atomic mass is 16.5. The van der Waals surface area contributed by atoms with Crippen LogP contribution in [0.5, 0.6) is 0 Å². The molecule has 90 valence electrons. The van der Waals surface area contributed by atoms with Crippen LogP contribution in [0.1, 0.15) is 44.3 Å². The Morgan fingerprint density at radius 2 is 2.06 bits per heavy atom. The van der Waals surface area contributed by atoms with Gasteiger partial charge < -0.3 is 9.84 Å². The van der Waals surface area contributed by atoms with Gasteiger partial charge in [-0.25, -0.2) is 0 Å². The summed E-state index contributed by atoms with van der Waals surface area (Å²) in [7, 11) is 0. The maximum atomic E-state index is 4.93. The second kappa shape index (κ2) is 5.43. The number of hydrogen-bond donors (Lipinski definition) is 1. The zero-order valence-electron chi connectivity index (χ0n) is 10.2. The van der Waals surface area contributed by atoms with Gasteiger partial charge in [-0.3, -0.25) is 0 Å². The van der Waals surface area contributed by atoms with Gasteiger partial charge in [0.1, 0.15) is 0 Å². The second-order valence-corrected chi connectivity index (χ2v) is 4.89. The van der Waals surface area contributed by atoms with Crippen LogP contribution in [0.15, 0.2) is 4.52 Å². The summed E-state index contributed by atoms with van der Waals surface area (Å²) in [5.74, 6) is 2.38. The largest absolute Gasteiger partial charge is 0.340 e. The molecule has 1 aliphatic carbocycles. The summed E-state index contributed by atoms with van der Waals surface area (Å²) in [6.45, 7) is 5.13. The normalized spacial score (nSPS) is 25.9. The molecule has 0 radical (unpaired) electrons. The van der Waals surface area contributed by atoms with Crippen molar-refractivity contribution in [2.75, 3.05) is 6.54 Å². The first-order chi connectivity index (χ1) is 7.74. The molecule has 1 N–H and O–H groups in total. The number of nitrogens with one attached hydrogen (secondary N) is 1. The minimum atomic E-state index is 0.654. The summed E-state index contributed by atoms with van der Waals surface area (Å²) in [6, 6.07) is 0.698. The molecule has 0 spiro atoms. The zero-order valence-corrected chi connectivity index (χ0v) is 10.2. The van der Waals surface area contributed by atoms with E-state index in [4.69, 9.17) is 4.52 Å². The smallest absolute Gasteiger partial charge is 0.223 e. The Morgan fingerprint density at radius 1 is 1.31 bits per heavy atom. The minimum Gasteiger partial charge on any atom is -0.340 e. The molecule has 1 aliphatic rings. The topological polar surface area (TPSA) is 51.0 Å². The van der Waals surface area contributed by atoms with Crippen molar-refractivity contribution >= 4 is 0 Å². The third kappa shape index (κ3) is 3.30. The SMILES string of the molecule is Cc1nc(CCNC2CCC(C)CC2)no1. The molecule has 2 rings (SSSR count). The van der Waals surface area contributed by atoms with E-state index >= 15 is 0 Å². The van der Waals surface area contributed by atoms with Crippen molar-refractivity contribution in [1.29, 1.82) is 0 Å². The van der Waals surface area contributed by atoms with Gasteiger partial charge in [-0.2, -0.15) is 4.98 Å². The number of aromatic nitrogens is 2. The first-order valence-corrected chi connectivity index (χ1v) is 6.26. The van der Waals surface area contributed by atoms with Gasteiger partial charge in [0.2, 0.25) is 5.89 Å². The van der Waals surface area contributed by atoms with Crippen LogP contribution in [0.4, 0.5) is 0 Å². The molecule has 1 fully saturated rings. The summed E-state index contributed by atoms with van der Waals surface area (Å²) in [4.78, 5) is 4.19. The van der Waals surface area contributed by atoms with Crippen molar-refractivity contribution < 1.29 is 4.52 Å². The van der Waals surface area contributed by atoms with Crippen LogP contribution in [0, 0.1) is 12.8 Å². The molecule has 1 heterocycles. The standard InChI is InChI=1S/C12H21N3O/c1-9-3-5-11(6-4-9)13-8-7-12-14-10(2)16-15-12/h9,11,13H,3-8H2,1-2H3. The maximum Gasteiger partial charge on any atom is 0.223 e. The Hall–Kier alpha value is -0.900. The van der Waals surface area contributed by atoms with Crippen molar-refractivity contribution in [3.63, 3.8) is 0 Å². The van der Waals surface area contributed by atoms with Gasteiger partial charge in [0.25, 0.3) is 0 Å². The molecule has 0 atom stereocenters. The predicted octanol–water partition coefficient (Wildman–Crippen LogP) is 2.09. The fourth-order valence-corrected chi connectivity index (χ4v) is 2.30. The van der Waals surface area contributed by atoms with E-state index in [0.717, 1.165) is 24.7 Å². The molecule has 0 aliphatic heterocycles. The Balaban J connectivity index is 1.64. The number of nitrogens with zero attached hydrogens (tertiary/aromatic N) is 2. The molecule has 16 heavy (non-hydrogen) atoms. The van der Waals surface area contributed by atoms with E-state index < -0.39 is 0 Å². The lowest BCUT2D eigenvalue weighted by molar-refractivity contribution is 0.308. The Morgan fingerprint density at radius 3 is 2.69 bits per heavy atom. The minimum absolute atomic E-state index is 0.654. The average Bonchev–Trinajstić information content (AvgIpc) is 2.67. The average molecular weight is 223 g/mol. The van der Waals surface area contributed by atoms with Gasteiger partial charge in [-0.1, -0.05) is 12.1 Å². The quantitative estimate of drug-likeness (QED) is 0.849. The van der Waals surface area contributed by atoms with Crippen LogP contribution in [0.2, 0.25) is 0 Å². The predicted molar refractivity (Wildman–Crippen MR) is 62.2 cm³/mol. The maximum absolute atomic E-state index is 4.93. The molecular weight excluding hydrogens is 202 g/mol. The summed E-state index contributed by atoms with van der Waals surface area (Å²) in [5.41, 5.74) is 0. The number of rotatable bonds is 4. The summed E-state index contributed by atoms with van der Waals surface area (Å²) in [6.07, 6.45) is 6.21. The van der Waals surface area contributed by atoms with Gasteiger partial charge in [0, 0.05) is 25.9 Å². The van der Waals surface area contributed by atoms with Crippen molar-refractivity contribution in [3.8, 4) is 0 Å². The summed E-state index contributed by atoms with van der Waals surface area (Å²) >= 11 is 0. The molecule has 1 saturated carbocycles. The lowest BCUT2D eigenvalue weighted by atomic mass is 9.87. The lowest BCUT2D eigenvalue weighted by Crippen LogP contribution is -2.34. The fourth-order valence-electron chi connectivity index (χ4n) is 2.30. The van der Waals surface area contributed by atoms with Gasteiger partial charge in [0.15, 0.2) is 5.82 Å². The van der Waals surface area contributed by atoms with E-state index in [1.54, 1.807) is 0 Å². The van der Waals surface area contributed by atoms with Crippen LogP contribution in [0.3, 0.4) is 0 Å². The zero-order chi connectivity index (χ0) is 11.4. The van der Waals surface area contributed by atoms with E-state index in [9.17, 15) is 0 Å². The van der Waals surface area contributed by atoms with Crippen LogP contribution >= 0.6 is 0 Å². The Labute approximate surface area is 96.8 Å². The first-order valence-electron chi connectivity index (χ1n) is 6.26. The van der Waals surface area contributed by atoms with E-state index in [-0.39, 0.29) is 0 Å². The molecule has 0 aromatic carbocycles. The van der Waals surface area contributed by atoms with Crippen molar-refractivity contribution in [3.05, 3.63) is 11.7 Å². The fraction of sp³-hybridized carbons (Fsp3) is 0.833. The summed E-state index contributed by atoms with van der Waals surface area (Å²) < 4.78 is 4.93. The number of hydrogen-bond acceptors (Lipinski definition) is 4. The van der Waals surface area contributed by atoms with Crippen LogP contribution in [0.25, 0.3) is 0 Å². The third-order valence-corrected chi connectivity index (χ3v) is 3.37. The molecule has 0 amide bonds. The van der Waals surface area contributed by atoms with E-state index in [1.807, 2.05) is 6.92 Å². The van der Waals surface area contributed by atoms with Crippen LogP contribution in [-0.4, -0.2) is 22.7 Å². The monoisotopic (exact) mass is 223 g/mol. The molecule has 0 bridgehead atoms. The molecule has 4 heteroatoms. The van der Waals surface area contributed by atoms with Gasteiger partial charge in [-0.05, 0) is 31.6 Å². The highest BCUT2D eigenvalue weighted by molar-refractivity contribution is 4.85. The van der Waals surface area contributed by atoms with Crippen molar-refractivity contribution in [1.82, 2.24) is 15.5 Å². The molecule has 0 unspecified atom stereocenters. The third-order valence-electron chi connectivity index (χ3n) is 3.37. The number of aryl methyl sites for hydroxylation is 1. The lowest BCUT2D eigenvalue weighted by Gasteiger charge is -2.26. The van der Waals surface area contributed by atoms with E-state index in [1.165, 1.54) is 25.7 Å². The first kappa shape index (κ1) is 11.6. The molecule has 1 aromatic heterocycles. The molecular formula is C12H21N3O. The molecule has 0 saturated heterocycles. The highest BCUT2D eigenvalue weighted by Crippen LogP contribution is 2.23. The van der Waals surface area contributed by atoms with Crippen molar-refractivity contribution in [2.24, 2.45) is 5.92 Å². The molecule has 4 nitrogen and oxygen atoms in total. The van der Waals surface area contributed by atoms with E-state index in [2.05, 4.69) is 22.4 Å². The second-order valence-electron chi connectivity index (χ2n) is 4.89. The van der Waals surface area contributed by atoms with E-state index in [0.29, 0.717) is 11.9 Å². The molecule has 1 aromatic rings. The Kier molecular flexibility index (Phi) is 3.93. The Bertz CT molecular complexity index is 316. The van der Waals surface area contributed by atoms with Gasteiger partial charge in [-0.15, -0.1) is 0 Å². The highest BCUT2D eigenvalue weighted by Gasteiger charge is 2.17. The summed E-state index contributed by atoms with van der Waals surface area (Å²) in [5, 5.41) is 7.46. The van der Waals surface area contributed by atoms with Crippen LogP contribution < -0.4 is 5.32 Å².